The van der Waals surface area contributed by atoms with E-state index in [1.807, 2.05) is 13.8 Å². The Balaban J connectivity index is 2.27. The maximum Gasteiger partial charge on any atom is 0.268 e. The first-order valence-electron chi connectivity index (χ1n) is 6.87. The number of carbonyl (C=O) groups is 1. The van der Waals surface area contributed by atoms with Gasteiger partial charge in [0.1, 0.15) is 10.6 Å². The first-order valence-corrected chi connectivity index (χ1v) is 8.31. The van der Waals surface area contributed by atoms with Crippen molar-refractivity contribution in [2.45, 2.75) is 24.8 Å². The minimum Gasteiger partial charge on any atom is -0.379 e. The molecule has 0 aliphatic carbocycles. The molecule has 21 heavy (non-hydrogen) atoms. The maximum absolute atomic E-state index is 12.5. The van der Waals surface area contributed by atoms with Crippen LogP contribution in [0.4, 0.5) is 0 Å². The van der Waals surface area contributed by atoms with Crippen LogP contribution in [0.1, 0.15) is 24.3 Å². The zero-order valence-electron chi connectivity index (χ0n) is 12.5. The molecule has 0 saturated carbocycles. The lowest BCUT2D eigenvalue weighted by molar-refractivity contribution is 0.0730. The standard InChI is InChI=1S/C13H21N3O4S/c1-10(2)14-13(17)12-8-11(9-15(12)3)21(18,19)16-4-6-20-7-5-16/h8-10H,4-7H2,1-3H3,(H,14,17). The Bertz CT molecular complexity index is 615. The van der Waals surface area contributed by atoms with Gasteiger partial charge in [0.25, 0.3) is 5.91 Å². The zero-order chi connectivity index (χ0) is 15.6. The van der Waals surface area contributed by atoms with Crippen LogP contribution < -0.4 is 5.32 Å². The van der Waals surface area contributed by atoms with Gasteiger partial charge in [0.2, 0.25) is 10.0 Å². The quantitative estimate of drug-likeness (QED) is 0.860. The first-order chi connectivity index (χ1) is 9.82. The molecule has 1 aromatic rings. The van der Waals surface area contributed by atoms with E-state index in [0.29, 0.717) is 32.0 Å². The lowest BCUT2D eigenvalue weighted by atomic mass is 10.3. The van der Waals surface area contributed by atoms with E-state index in [1.165, 1.54) is 21.1 Å². The highest BCUT2D eigenvalue weighted by Crippen LogP contribution is 2.19. The Morgan fingerprint density at radius 3 is 2.52 bits per heavy atom. The maximum atomic E-state index is 12.5. The molecule has 2 heterocycles. The number of morpholine rings is 1. The Labute approximate surface area is 124 Å². The minimum absolute atomic E-state index is 0.00768. The molecule has 0 bridgehead atoms. The normalized spacial score (nSPS) is 17.1. The molecule has 1 N–H and O–H groups in total. The lowest BCUT2D eigenvalue weighted by Crippen LogP contribution is -2.40. The van der Waals surface area contributed by atoms with E-state index in [2.05, 4.69) is 5.32 Å². The van der Waals surface area contributed by atoms with Crippen molar-refractivity contribution < 1.29 is 17.9 Å². The molecule has 1 aliphatic heterocycles. The number of ether oxygens (including phenoxy) is 1. The van der Waals surface area contributed by atoms with Crippen LogP contribution in [0.3, 0.4) is 0 Å². The van der Waals surface area contributed by atoms with E-state index >= 15 is 0 Å². The van der Waals surface area contributed by atoms with E-state index in [4.69, 9.17) is 4.74 Å². The molecule has 118 valence electrons. The number of aromatic nitrogens is 1. The van der Waals surface area contributed by atoms with Crippen LogP contribution in [0, 0.1) is 0 Å². The number of hydrogen-bond donors (Lipinski definition) is 1. The van der Waals surface area contributed by atoms with E-state index in [9.17, 15) is 13.2 Å². The summed E-state index contributed by atoms with van der Waals surface area (Å²) in [6, 6.07) is 1.41. The fraction of sp³-hybridized carbons (Fsp3) is 0.615. The summed E-state index contributed by atoms with van der Waals surface area (Å²) >= 11 is 0. The van der Waals surface area contributed by atoms with E-state index in [1.54, 1.807) is 7.05 Å². The number of nitrogens with one attached hydrogen (secondary N) is 1. The monoisotopic (exact) mass is 315 g/mol. The topological polar surface area (TPSA) is 80.6 Å². The second kappa shape index (κ2) is 6.17. The fourth-order valence-corrected chi connectivity index (χ4v) is 3.65. The van der Waals surface area contributed by atoms with Gasteiger partial charge in [0, 0.05) is 32.4 Å². The number of sulfonamides is 1. The Kier molecular flexibility index (Phi) is 4.70. The molecule has 1 saturated heterocycles. The van der Waals surface area contributed by atoms with Gasteiger partial charge in [0.05, 0.1) is 13.2 Å². The summed E-state index contributed by atoms with van der Waals surface area (Å²) < 4.78 is 33.1. The molecule has 2 rings (SSSR count). The molecule has 7 nitrogen and oxygen atoms in total. The Morgan fingerprint density at radius 1 is 1.33 bits per heavy atom. The van der Waals surface area contributed by atoms with Crippen LogP contribution in [0.25, 0.3) is 0 Å². The highest BCUT2D eigenvalue weighted by atomic mass is 32.2. The summed E-state index contributed by atoms with van der Waals surface area (Å²) in [4.78, 5) is 12.2. The molecule has 1 aliphatic rings. The number of hydrogen-bond acceptors (Lipinski definition) is 4. The number of nitrogens with zero attached hydrogens (tertiary/aromatic N) is 2. The van der Waals surface area contributed by atoms with Crippen molar-refractivity contribution in [2.24, 2.45) is 7.05 Å². The summed E-state index contributed by atoms with van der Waals surface area (Å²) in [5, 5.41) is 2.76. The lowest BCUT2D eigenvalue weighted by Gasteiger charge is -2.25. The summed E-state index contributed by atoms with van der Waals surface area (Å²) in [6.45, 7) is 5.17. The fourth-order valence-electron chi connectivity index (χ4n) is 2.17. The number of rotatable bonds is 4. The van der Waals surface area contributed by atoms with Crippen molar-refractivity contribution in [3.05, 3.63) is 18.0 Å². The summed E-state index contributed by atoms with van der Waals surface area (Å²) in [7, 11) is -1.91. The highest BCUT2D eigenvalue weighted by Gasteiger charge is 2.28. The van der Waals surface area contributed by atoms with Crippen LogP contribution >= 0.6 is 0 Å². The van der Waals surface area contributed by atoms with Crippen LogP contribution in [0.15, 0.2) is 17.2 Å². The van der Waals surface area contributed by atoms with Crippen molar-refractivity contribution in [1.82, 2.24) is 14.2 Å². The van der Waals surface area contributed by atoms with Gasteiger partial charge in [-0.3, -0.25) is 4.79 Å². The van der Waals surface area contributed by atoms with Crippen LogP contribution in [0.5, 0.6) is 0 Å². The molecule has 1 fully saturated rings. The second-order valence-electron chi connectivity index (χ2n) is 5.32. The van der Waals surface area contributed by atoms with Crippen LogP contribution in [-0.4, -0.2) is 55.5 Å². The average molecular weight is 315 g/mol. The molecular formula is C13H21N3O4S. The summed E-state index contributed by atoms with van der Waals surface area (Å²) in [5.74, 6) is -0.282. The van der Waals surface area contributed by atoms with Crippen LogP contribution in [0.2, 0.25) is 0 Å². The van der Waals surface area contributed by atoms with Gasteiger partial charge in [-0.1, -0.05) is 0 Å². The molecular weight excluding hydrogens is 294 g/mol. The summed E-state index contributed by atoms with van der Waals surface area (Å²) in [5.41, 5.74) is 0.329. The molecule has 0 unspecified atom stereocenters. The van der Waals surface area contributed by atoms with Crippen LogP contribution in [-0.2, 0) is 21.8 Å². The van der Waals surface area contributed by atoms with Gasteiger partial charge in [-0.2, -0.15) is 4.31 Å². The third-order valence-electron chi connectivity index (χ3n) is 3.24. The average Bonchev–Trinajstić information content (AvgIpc) is 2.82. The predicted octanol–water partition coefficient (Wildman–Crippen LogP) is 0.184. The molecule has 8 heteroatoms. The molecule has 1 amide bonds. The largest absolute Gasteiger partial charge is 0.379 e. The van der Waals surface area contributed by atoms with Gasteiger partial charge in [0.15, 0.2) is 0 Å². The van der Waals surface area contributed by atoms with E-state index in [0.717, 1.165) is 0 Å². The predicted molar refractivity (Wildman–Crippen MR) is 77.6 cm³/mol. The van der Waals surface area contributed by atoms with Gasteiger partial charge in [-0.05, 0) is 19.9 Å². The molecule has 0 atom stereocenters. The van der Waals surface area contributed by atoms with Gasteiger partial charge < -0.3 is 14.6 Å². The van der Waals surface area contributed by atoms with Crippen molar-refractivity contribution >= 4 is 15.9 Å². The SMILES string of the molecule is CC(C)NC(=O)c1cc(S(=O)(=O)N2CCOCC2)cn1C. The van der Waals surface area contributed by atoms with Gasteiger partial charge in [-0.15, -0.1) is 0 Å². The number of amides is 1. The third-order valence-corrected chi connectivity index (χ3v) is 5.10. The van der Waals surface area contributed by atoms with Crippen molar-refractivity contribution in [3.8, 4) is 0 Å². The smallest absolute Gasteiger partial charge is 0.268 e. The van der Waals surface area contributed by atoms with E-state index in [-0.39, 0.29) is 16.8 Å². The zero-order valence-corrected chi connectivity index (χ0v) is 13.3. The second-order valence-corrected chi connectivity index (χ2v) is 7.25. The molecule has 0 radical (unpaired) electrons. The summed E-state index contributed by atoms with van der Waals surface area (Å²) in [6.07, 6.45) is 1.47. The molecule has 0 aromatic carbocycles. The van der Waals surface area contributed by atoms with E-state index < -0.39 is 10.0 Å². The number of carbonyl (C=O) groups excluding carboxylic acids is 1. The molecule has 1 aromatic heterocycles. The third kappa shape index (κ3) is 3.45. The Morgan fingerprint density at radius 2 is 1.95 bits per heavy atom. The highest BCUT2D eigenvalue weighted by molar-refractivity contribution is 7.89. The Hall–Kier alpha value is -1.38. The molecule has 0 spiro atoms. The van der Waals surface area contributed by atoms with Crippen molar-refractivity contribution in [2.75, 3.05) is 26.3 Å². The number of aryl methyl sites for hydroxylation is 1. The minimum atomic E-state index is -3.57. The van der Waals surface area contributed by atoms with Gasteiger partial charge >= 0.3 is 0 Å². The van der Waals surface area contributed by atoms with Crippen molar-refractivity contribution in [1.29, 1.82) is 0 Å². The van der Waals surface area contributed by atoms with Crippen molar-refractivity contribution in [3.63, 3.8) is 0 Å². The van der Waals surface area contributed by atoms with Gasteiger partial charge in [-0.25, -0.2) is 8.42 Å². The first kappa shape index (κ1) is 16.0.